The molecule has 2 amide bonds. The summed E-state index contributed by atoms with van der Waals surface area (Å²) in [7, 11) is -4.48. The van der Waals surface area contributed by atoms with E-state index in [0.717, 1.165) is 38.6 Å². The van der Waals surface area contributed by atoms with Gasteiger partial charge in [-0.2, -0.15) is 0 Å². The van der Waals surface area contributed by atoms with Gasteiger partial charge in [-0.3, -0.25) is 18.6 Å². The van der Waals surface area contributed by atoms with Crippen LogP contribution in [0.25, 0.3) is 0 Å². The Hall–Kier alpha value is -1.07. The van der Waals surface area contributed by atoms with Crippen molar-refractivity contribution in [2.45, 2.75) is 149 Å². The van der Waals surface area contributed by atoms with E-state index in [0.29, 0.717) is 37.8 Å². The van der Waals surface area contributed by atoms with E-state index < -0.39 is 26.0 Å². The second-order valence-electron chi connectivity index (χ2n) is 13.3. The summed E-state index contributed by atoms with van der Waals surface area (Å²) in [5, 5.41) is 13.2. The number of rotatable bonds is 21. The lowest BCUT2D eigenvalue weighted by molar-refractivity contribution is -0.133. The fourth-order valence-corrected chi connectivity index (χ4v) is 6.86. The van der Waals surface area contributed by atoms with Gasteiger partial charge in [-0.25, -0.2) is 4.57 Å². The number of likely N-dealkylation sites (tertiary alicyclic amines) is 2. The third kappa shape index (κ3) is 14.7. The van der Waals surface area contributed by atoms with Gasteiger partial charge in [-0.15, -0.1) is 0 Å². The first-order valence-electron chi connectivity index (χ1n) is 16.6. The number of nitrogens with one attached hydrogen (secondary N) is 1. The fraction of sp³-hybridized carbons (Fsp3) is 0.935. The van der Waals surface area contributed by atoms with Gasteiger partial charge in [0, 0.05) is 32.0 Å². The van der Waals surface area contributed by atoms with Gasteiger partial charge in [-0.05, 0) is 58.4 Å². The van der Waals surface area contributed by atoms with E-state index >= 15 is 0 Å². The van der Waals surface area contributed by atoms with Crippen LogP contribution in [0.15, 0.2) is 0 Å². The lowest BCUT2D eigenvalue weighted by atomic mass is 10.0. The molecule has 2 saturated heterocycles. The normalized spacial score (nSPS) is 24.1. The van der Waals surface area contributed by atoms with E-state index in [1.54, 1.807) is 9.80 Å². The van der Waals surface area contributed by atoms with E-state index in [1.807, 2.05) is 13.8 Å². The molecular weight excluding hydrogens is 573 g/mol. The molecule has 0 radical (unpaired) electrons. The van der Waals surface area contributed by atoms with E-state index in [9.17, 15) is 24.2 Å². The number of hydrogen-bond donors (Lipinski definition) is 3. The Balaban J connectivity index is 1.86. The van der Waals surface area contributed by atoms with Crippen LogP contribution in [0, 0.1) is 5.92 Å². The number of ether oxygens (including phenoxy) is 1. The number of phosphoric acid groups is 1. The summed E-state index contributed by atoms with van der Waals surface area (Å²) >= 11 is 0. The van der Waals surface area contributed by atoms with Crippen molar-refractivity contribution in [3.8, 4) is 0 Å². The highest BCUT2D eigenvalue weighted by molar-refractivity contribution is 7.47. The maximum atomic E-state index is 13.1. The summed E-state index contributed by atoms with van der Waals surface area (Å²) < 4.78 is 29.8. The Bertz CT molecular complexity index is 874. The lowest BCUT2D eigenvalue weighted by Gasteiger charge is -2.26. The molecule has 0 aromatic heterocycles. The minimum absolute atomic E-state index is 0.000878. The maximum Gasteiger partial charge on any atom is 0.472 e. The van der Waals surface area contributed by atoms with Crippen LogP contribution in [0.1, 0.15) is 112 Å². The van der Waals surface area contributed by atoms with E-state index in [1.165, 1.54) is 12.8 Å². The number of carbonyl (C=O) groups excluding carboxylic acids is 2. The Morgan fingerprint density at radius 3 is 2.05 bits per heavy atom. The van der Waals surface area contributed by atoms with Gasteiger partial charge < -0.3 is 29.9 Å². The molecule has 3 N–H and O–H groups in total. The predicted octanol–water partition coefficient (Wildman–Crippen LogP) is 4.64. The quantitative estimate of drug-likeness (QED) is 0.122. The Morgan fingerprint density at radius 2 is 1.44 bits per heavy atom. The van der Waals surface area contributed by atoms with Crippen LogP contribution in [0.5, 0.6) is 0 Å². The summed E-state index contributed by atoms with van der Waals surface area (Å²) in [6.45, 7) is 13.5. The van der Waals surface area contributed by atoms with Gasteiger partial charge in [0.05, 0.1) is 43.6 Å². The summed E-state index contributed by atoms with van der Waals surface area (Å²) in [4.78, 5) is 39.8. The summed E-state index contributed by atoms with van der Waals surface area (Å²) in [5.41, 5.74) is 0. The molecule has 2 rings (SSSR count). The molecular formula is C31H60N3O8P. The number of aliphatic hydroxyl groups is 1. The molecule has 0 bridgehead atoms. The second kappa shape index (κ2) is 19.4. The Morgan fingerprint density at radius 1 is 0.860 bits per heavy atom. The predicted molar refractivity (Wildman–Crippen MR) is 168 cm³/mol. The number of carbonyl (C=O) groups is 2. The van der Waals surface area contributed by atoms with E-state index in [-0.39, 0.29) is 50.2 Å². The SMILES string of the molecule is CC(C)CCCCCCC(=O)N1C[C@H](OC(C)C)C[C@H]1COP(=O)(O)OC1C[C@@H](CO)N(C(=O)CCCCNC(C)C)C1. The summed E-state index contributed by atoms with van der Waals surface area (Å²) in [5.74, 6) is 0.603. The van der Waals surface area contributed by atoms with Gasteiger partial charge in [0.25, 0.3) is 0 Å². The number of amides is 2. The molecule has 2 aliphatic rings. The maximum absolute atomic E-state index is 13.1. The Labute approximate surface area is 260 Å². The molecule has 0 spiro atoms. The minimum Gasteiger partial charge on any atom is -0.394 e. The van der Waals surface area contributed by atoms with Crippen molar-refractivity contribution in [1.82, 2.24) is 15.1 Å². The number of unbranched alkanes of at least 4 members (excludes halogenated alkanes) is 4. The molecule has 12 heteroatoms. The zero-order valence-electron chi connectivity index (χ0n) is 27.5. The first-order valence-corrected chi connectivity index (χ1v) is 18.0. The van der Waals surface area contributed by atoms with Crippen molar-refractivity contribution in [2.24, 2.45) is 5.92 Å². The van der Waals surface area contributed by atoms with Crippen LogP contribution in [0.2, 0.25) is 0 Å². The van der Waals surface area contributed by atoms with Crippen LogP contribution < -0.4 is 5.32 Å². The average molecular weight is 634 g/mol. The molecule has 11 nitrogen and oxygen atoms in total. The Kier molecular flexibility index (Phi) is 17.2. The highest BCUT2D eigenvalue weighted by Gasteiger charge is 2.41. The molecule has 43 heavy (non-hydrogen) atoms. The topological polar surface area (TPSA) is 138 Å². The molecule has 2 aliphatic heterocycles. The third-order valence-corrected chi connectivity index (χ3v) is 9.11. The summed E-state index contributed by atoms with van der Waals surface area (Å²) in [6, 6.07) is -0.463. The van der Waals surface area contributed by atoms with Crippen LogP contribution in [0.4, 0.5) is 0 Å². The van der Waals surface area contributed by atoms with E-state index in [2.05, 4.69) is 33.0 Å². The lowest BCUT2D eigenvalue weighted by Crippen LogP contribution is -2.38. The average Bonchev–Trinajstić information content (AvgIpc) is 3.51. The van der Waals surface area contributed by atoms with E-state index in [4.69, 9.17) is 13.8 Å². The molecule has 0 saturated carbocycles. The molecule has 0 aromatic carbocycles. The van der Waals surface area contributed by atoms with Crippen molar-refractivity contribution in [3.63, 3.8) is 0 Å². The molecule has 2 unspecified atom stereocenters. The number of nitrogens with zero attached hydrogens (tertiary/aromatic N) is 2. The van der Waals surface area contributed by atoms with Gasteiger partial charge in [-0.1, -0.05) is 53.4 Å². The third-order valence-electron chi connectivity index (χ3n) is 8.07. The highest BCUT2D eigenvalue weighted by Crippen LogP contribution is 2.47. The van der Waals surface area contributed by atoms with Gasteiger partial charge >= 0.3 is 7.82 Å². The van der Waals surface area contributed by atoms with Crippen LogP contribution >= 0.6 is 7.82 Å². The van der Waals surface area contributed by atoms with Crippen molar-refractivity contribution in [1.29, 1.82) is 0 Å². The monoisotopic (exact) mass is 633 g/mol. The number of hydrogen-bond acceptors (Lipinski definition) is 8. The molecule has 2 heterocycles. The largest absolute Gasteiger partial charge is 0.472 e. The standard InChI is InChI=1S/C31H60N3O8P/c1-23(2)13-9-7-8-10-14-31(37)34-19-28(41-25(5)6)18-27(34)22-40-43(38,39)42-29-17-26(21-35)33(20-29)30(36)15-11-12-16-32-24(3)4/h23-29,32,35H,7-22H2,1-6H3,(H,38,39)/t26-,27-,28+,29?/m0/s1. The van der Waals surface area contributed by atoms with Crippen LogP contribution in [-0.4, -0.2) is 101 Å². The van der Waals surface area contributed by atoms with Crippen LogP contribution in [-0.2, 0) is 27.9 Å². The second-order valence-corrected chi connectivity index (χ2v) is 14.7. The molecule has 0 aromatic rings. The first-order chi connectivity index (χ1) is 20.3. The highest BCUT2D eigenvalue weighted by atomic mass is 31.2. The number of phosphoric ester groups is 1. The first kappa shape index (κ1) is 38.1. The van der Waals surface area contributed by atoms with Gasteiger partial charge in [0.1, 0.15) is 0 Å². The summed E-state index contributed by atoms with van der Waals surface area (Å²) in [6.07, 6.45) is 7.54. The molecule has 5 atom stereocenters. The van der Waals surface area contributed by atoms with Gasteiger partial charge in [0.15, 0.2) is 0 Å². The zero-order chi connectivity index (χ0) is 32.0. The van der Waals surface area contributed by atoms with Crippen molar-refractivity contribution >= 4 is 19.6 Å². The smallest absolute Gasteiger partial charge is 0.394 e. The van der Waals surface area contributed by atoms with Crippen molar-refractivity contribution in [3.05, 3.63) is 0 Å². The zero-order valence-corrected chi connectivity index (χ0v) is 28.4. The fourth-order valence-electron chi connectivity index (χ4n) is 5.91. The molecule has 2 fully saturated rings. The minimum atomic E-state index is -4.48. The van der Waals surface area contributed by atoms with Crippen molar-refractivity contribution < 1.29 is 37.9 Å². The van der Waals surface area contributed by atoms with Crippen LogP contribution in [0.3, 0.4) is 0 Å². The van der Waals surface area contributed by atoms with Gasteiger partial charge in [0.2, 0.25) is 11.8 Å². The molecule has 252 valence electrons. The molecule has 0 aliphatic carbocycles. The number of aliphatic hydroxyl groups excluding tert-OH is 1. The van der Waals surface area contributed by atoms with Crippen molar-refractivity contribution in [2.75, 3.05) is 32.8 Å².